The average Bonchev–Trinajstić information content (AvgIpc) is 3.01. The Balaban J connectivity index is 1.73. The molecule has 2 aromatic rings. The molecule has 2 heterocycles. The molecular weight excluding hydrogens is 266 g/mol. The smallest absolute Gasteiger partial charge is 0.122 e. The van der Waals surface area contributed by atoms with Crippen LogP contribution in [-0.2, 0) is 6.42 Å². The monoisotopic (exact) mass is 287 g/mol. The summed E-state index contributed by atoms with van der Waals surface area (Å²) in [5.74, 6) is 1.63. The first-order valence-corrected chi connectivity index (χ1v) is 8.23. The molecule has 1 N–H and O–H groups in total. The lowest BCUT2D eigenvalue weighted by atomic mass is 9.84. The van der Waals surface area contributed by atoms with Gasteiger partial charge < -0.3 is 10.1 Å². The van der Waals surface area contributed by atoms with Crippen LogP contribution >= 0.6 is 11.3 Å². The third kappa shape index (κ3) is 2.89. The van der Waals surface area contributed by atoms with Gasteiger partial charge in [0.25, 0.3) is 0 Å². The fraction of sp³-hybridized carbons (Fsp3) is 0.412. The lowest BCUT2D eigenvalue weighted by Crippen LogP contribution is -2.35. The number of thiophene rings is 1. The Labute approximate surface area is 124 Å². The van der Waals surface area contributed by atoms with Crippen LogP contribution < -0.4 is 10.1 Å². The molecule has 106 valence electrons. The largest absolute Gasteiger partial charge is 0.493 e. The summed E-state index contributed by atoms with van der Waals surface area (Å²) in [6.07, 6.45) is 3.42. The summed E-state index contributed by atoms with van der Waals surface area (Å²) in [6, 6.07) is 11.2. The molecule has 20 heavy (non-hydrogen) atoms. The zero-order valence-corrected chi connectivity index (χ0v) is 12.7. The van der Waals surface area contributed by atoms with E-state index < -0.39 is 0 Å². The molecule has 0 aliphatic carbocycles. The molecule has 3 heteroatoms. The molecule has 1 aromatic carbocycles. The molecule has 0 saturated carbocycles. The van der Waals surface area contributed by atoms with Crippen molar-refractivity contribution in [2.75, 3.05) is 13.7 Å². The number of para-hydroxylation sites is 1. The van der Waals surface area contributed by atoms with Crippen LogP contribution in [0.2, 0.25) is 0 Å². The maximum Gasteiger partial charge on any atom is 0.122 e. The van der Waals surface area contributed by atoms with Crippen molar-refractivity contribution >= 4 is 11.3 Å². The lowest BCUT2D eigenvalue weighted by Gasteiger charge is -2.32. The van der Waals surface area contributed by atoms with Gasteiger partial charge in [-0.15, -0.1) is 0 Å². The van der Waals surface area contributed by atoms with Crippen molar-refractivity contribution in [2.24, 2.45) is 0 Å². The topological polar surface area (TPSA) is 21.3 Å². The minimum atomic E-state index is 0.514. The molecule has 0 saturated heterocycles. The van der Waals surface area contributed by atoms with Crippen LogP contribution in [0.5, 0.6) is 5.75 Å². The molecule has 1 aromatic heterocycles. The predicted molar refractivity (Wildman–Crippen MR) is 84.8 cm³/mol. The Morgan fingerprint density at radius 2 is 2.25 bits per heavy atom. The van der Waals surface area contributed by atoms with Gasteiger partial charge in [-0.2, -0.15) is 11.3 Å². The van der Waals surface area contributed by atoms with E-state index in [9.17, 15) is 0 Å². The average molecular weight is 287 g/mol. The van der Waals surface area contributed by atoms with Crippen LogP contribution in [0.1, 0.15) is 29.9 Å². The van der Waals surface area contributed by atoms with Gasteiger partial charge in [-0.05, 0) is 60.3 Å². The first-order chi connectivity index (χ1) is 9.88. The van der Waals surface area contributed by atoms with E-state index in [0.717, 1.165) is 25.2 Å². The fourth-order valence-corrected chi connectivity index (χ4v) is 3.79. The molecule has 0 fully saturated rings. The normalized spacial score (nSPS) is 19.1. The summed E-state index contributed by atoms with van der Waals surface area (Å²) in [6.45, 7) is 0.832. The quantitative estimate of drug-likeness (QED) is 0.902. The first kappa shape index (κ1) is 13.7. The number of aryl methyl sites for hydroxylation is 1. The number of benzene rings is 1. The van der Waals surface area contributed by atoms with Crippen molar-refractivity contribution in [3.8, 4) is 5.75 Å². The second-order valence-corrected chi connectivity index (χ2v) is 6.13. The Morgan fingerprint density at radius 3 is 3.05 bits per heavy atom. The van der Waals surface area contributed by atoms with Gasteiger partial charge in [0, 0.05) is 12.0 Å². The molecule has 2 unspecified atom stereocenters. The van der Waals surface area contributed by atoms with Crippen LogP contribution in [0.4, 0.5) is 0 Å². The molecule has 1 aliphatic rings. The number of hydrogen-bond acceptors (Lipinski definition) is 3. The zero-order valence-electron chi connectivity index (χ0n) is 11.8. The summed E-state index contributed by atoms with van der Waals surface area (Å²) < 4.78 is 5.77. The number of nitrogens with one attached hydrogen (secondary N) is 1. The summed E-state index contributed by atoms with van der Waals surface area (Å²) in [4.78, 5) is 0. The van der Waals surface area contributed by atoms with Crippen molar-refractivity contribution in [3.63, 3.8) is 0 Å². The number of fused-ring (bicyclic) bond motifs is 1. The molecule has 2 atom stereocenters. The number of ether oxygens (including phenoxy) is 1. The summed E-state index contributed by atoms with van der Waals surface area (Å²) in [7, 11) is 2.08. The van der Waals surface area contributed by atoms with Gasteiger partial charge >= 0.3 is 0 Å². The highest BCUT2D eigenvalue weighted by Gasteiger charge is 2.27. The fourth-order valence-electron chi connectivity index (χ4n) is 3.09. The number of rotatable bonds is 5. The molecule has 1 aliphatic heterocycles. The van der Waals surface area contributed by atoms with Crippen molar-refractivity contribution < 1.29 is 4.74 Å². The van der Waals surface area contributed by atoms with Gasteiger partial charge in [0.15, 0.2) is 0 Å². The highest BCUT2D eigenvalue weighted by atomic mass is 32.1. The van der Waals surface area contributed by atoms with E-state index in [2.05, 4.69) is 53.5 Å². The molecule has 0 amide bonds. The van der Waals surface area contributed by atoms with Gasteiger partial charge in [0.2, 0.25) is 0 Å². The van der Waals surface area contributed by atoms with E-state index in [-0.39, 0.29) is 0 Å². The Bertz CT molecular complexity index is 538. The van der Waals surface area contributed by atoms with Crippen molar-refractivity contribution in [1.82, 2.24) is 5.32 Å². The van der Waals surface area contributed by atoms with Gasteiger partial charge in [0.1, 0.15) is 5.75 Å². The van der Waals surface area contributed by atoms with Crippen molar-refractivity contribution in [1.29, 1.82) is 0 Å². The van der Waals surface area contributed by atoms with Crippen LogP contribution in [0, 0.1) is 0 Å². The van der Waals surface area contributed by atoms with Gasteiger partial charge in [-0.3, -0.25) is 0 Å². The van der Waals surface area contributed by atoms with E-state index >= 15 is 0 Å². The molecular formula is C17H21NOS. The summed E-state index contributed by atoms with van der Waals surface area (Å²) in [5.41, 5.74) is 2.82. The second-order valence-electron chi connectivity index (χ2n) is 5.35. The molecule has 2 nitrogen and oxygen atoms in total. The molecule has 0 radical (unpaired) electrons. The van der Waals surface area contributed by atoms with Gasteiger partial charge in [-0.1, -0.05) is 18.2 Å². The predicted octanol–water partition coefficient (Wildman–Crippen LogP) is 3.84. The number of hydrogen-bond donors (Lipinski definition) is 1. The zero-order chi connectivity index (χ0) is 13.8. The Hall–Kier alpha value is -1.32. The maximum absolute atomic E-state index is 5.77. The lowest BCUT2D eigenvalue weighted by molar-refractivity contribution is 0.244. The maximum atomic E-state index is 5.77. The minimum absolute atomic E-state index is 0.514. The SMILES string of the molecule is CNC(CCc1ccsc1)C1CCOc2ccccc21. The first-order valence-electron chi connectivity index (χ1n) is 7.28. The third-order valence-electron chi connectivity index (χ3n) is 4.19. The van der Waals surface area contributed by atoms with Gasteiger partial charge in [0.05, 0.1) is 6.61 Å². The summed E-state index contributed by atoms with van der Waals surface area (Å²) >= 11 is 1.78. The molecule has 3 rings (SSSR count). The summed E-state index contributed by atoms with van der Waals surface area (Å²) in [5, 5.41) is 7.94. The van der Waals surface area contributed by atoms with E-state index in [4.69, 9.17) is 4.74 Å². The third-order valence-corrected chi connectivity index (χ3v) is 4.92. The number of likely N-dealkylation sites (N-methyl/N-ethyl adjacent to an activating group) is 1. The van der Waals surface area contributed by atoms with Crippen LogP contribution in [0.25, 0.3) is 0 Å². The minimum Gasteiger partial charge on any atom is -0.493 e. The van der Waals surface area contributed by atoms with E-state index in [1.165, 1.54) is 17.5 Å². The van der Waals surface area contributed by atoms with Crippen molar-refractivity contribution in [3.05, 3.63) is 52.2 Å². The standard InChI is InChI=1S/C17H21NOS/c1-18-16(7-6-13-9-11-20-12-13)14-8-10-19-17-5-3-2-4-15(14)17/h2-5,9,11-12,14,16,18H,6-8,10H2,1H3. The molecule has 0 spiro atoms. The highest BCUT2D eigenvalue weighted by molar-refractivity contribution is 7.07. The van der Waals surface area contributed by atoms with E-state index in [1.54, 1.807) is 11.3 Å². The van der Waals surface area contributed by atoms with Crippen molar-refractivity contribution in [2.45, 2.75) is 31.2 Å². The Kier molecular flexibility index (Phi) is 4.38. The highest BCUT2D eigenvalue weighted by Crippen LogP contribution is 2.36. The van der Waals surface area contributed by atoms with Crippen LogP contribution in [0.3, 0.4) is 0 Å². The van der Waals surface area contributed by atoms with Crippen LogP contribution in [0.15, 0.2) is 41.1 Å². The molecule has 0 bridgehead atoms. The van der Waals surface area contributed by atoms with E-state index in [0.29, 0.717) is 12.0 Å². The Morgan fingerprint density at radius 1 is 1.35 bits per heavy atom. The van der Waals surface area contributed by atoms with E-state index in [1.807, 2.05) is 0 Å². The van der Waals surface area contributed by atoms with Gasteiger partial charge in [-0.25, -0.2) is 0 Å². The van der Waals surface area contributed by atoms with Crippen LogP contribution in [-0.4, -0.2) is 19.7 Å². The second kappa shape index (κ2) is 6.42.